The second-order valence-corrected chi connectivity index (χ2v) is 3.99. The minimum atomic E-state index is -4.86. The first-order valence-electron chi connectivity index (χ1n) is 4.39. The van der Waals surface area contributed by atoms with Crippen molar-refractivity contribution in [2.24, 2.45) is 0 Å². The van der Waals surface area contributed by atoms with Gasteiger partial charge in [-0.05, 0) is 28.9 Å². The molecule has 0 spiro atoms. The Balaban J connectivity index is 3.16. The number of carbonyl (C=O) groups is 1. The van der Waals surface area contributed by atoms with Crippen molar-refractivity contribution < 1.29 is 22.7 Å². The van der Waals surface area contributed by atoms with E-state index >= 15 is 0 Å². The van der Waals surface area contributed by atoms with Gasteiger partial charge >= 0.3 is 6.36 Å². The highest BCUT2D eigenvalue weighted by molar-refractivity contribution is 9.10. The number of carbonyl (C=O) groups excluding carboxylic acids is 1. The highest BCUT2D eigenvalue weighted by Gasteiger charge is 2.33. The van der Waals surface area contributed by atoms with Crippen LogP contribution >= 0.6 is 15.9 Å². The van der Waals surface area contributed by atoms with Gasteiger partial charge in [0, 0.05) is 11.4 Å². The minimum absolute atomic E-state index is 0.146. The first-order chi connectivity index (χ1) is 7.69. The Morgan fingerprint density at radius 1 is 1.53 bits per heavy atom. The minimum Gasteiger partial charge on any atom is -0.386 e. The second-order valence-electron chi connectivity index (χ2n) is 3.14. The molecule has 8 heteroatoms. The quantitative estimate of drug-likeness (QED) is 0.913. The van der Waals surface area contributed by atoms with Crippen LogP contribution in [0.15, 0.2) is 10.5 Å². The number of amides is 1. The maximum absolute atomic E-state index is 12.1. The summed E-state index contributed by atoms with van der Waals surface area (Å²) in [5.74, 6) is -1.21. The van der Waals surface area contributed by atoms with Crippen LogP contribution in [0.25, 0.3) is 0 Å². The van der Waals surface area contributed by atoms with Gasteiger partial charge in [-0.3, -0.25) is 4.79 Å². The van der Waals surface area contributed by atoms with E-state index in [2.05, 4.69) is 31.0 Å². The molecule has 1 rings (SSSR count). The van der Waals surface area contributed by atoms with Crippen molar-refractivity contribution in [3.63, 3.8) is 0 Å². The largest absolute Gasteiger partial charge is 0.574 e. The highest BCUT2D eigenvalue weighted by atomic mass is 79.9. The van der Waals surface area contributed by atoms with Crippen LogP contribution in [-0.4, -0.2) is 17.3 Å². The summed E-state index contributed by atoms with van der Waals surface area (Å²) < 4.78 is 40.5. The fourth-order valence-electron chi connectivity index (χ4n) is 1.03. The van der Waals surface area contributed by atoms with Crippen LogP contribution in [0.4, 0.5) is 18.9 Å². The number of aromatic nitrogens is 1. The summed E-state index contributed by atoms with van der Waals surface area (Å²) >= 11 is 3.10. The van der Waals surface area contributed by atoms with Crippen LogP contribution in [-0.2, 0) is 4.79 Å². The molecule has 0 aromatic carbocycles. The van der Waals surface area contributed by atoms with Crippen molar-refractivity contribution in [3.8, 4) is 5.88 Å². The van der Waals surface area contributed by atoms with Crippen LogP contribution in [0.2, 0.25) is 0 Å². The molecule has 0 unspecified atom stereocenters. The summed E-state index contributed by atoms with van der Waals surface area (Å²) in [6, 6.07) is 1.30. The van der Waals surface area contributed by atoms with E-state index in [1.54, 1.807) is 0 Å². The molecule has 0 aliphatic rings. The Kier molecular flexibility index (Phi) is 3.97. The van der Waals surface area contributed by atoms with Crippen molar-refractivity contribution in [2.75, 3.05) is 5.32 Å². The summed E-state index contributed by atoms with van der Waals surface area (Å²) in [5, 5.41) is 2.21. The number of aryl methyl sites for hydroxylation is 1. The standard InChI is InChI=1S/C9H8BrF3N2O2/c1-4-6(10)3-7(15-5(2)16)8(14-4)17-9(11,12)13/h3H,1-2H3,(H,15,16). The van der Waals surface area contributed by atoms with E-state index in [1.807, 2.05) is 0 Å². The molecule has 17 heavy (non-hydrogen) atoms. The monoisotopic (exact) mass is 312 g/mol. The molecule has 94 valence electrons. The van der Waals surface area contributed by atoms with Crippen molar-refractivity contribution in [2.45, 2.75) is 20.2 Å². The zero-order valence-electron chi connectivity index (χ0n) is 8.85. The molecule has 0 radical (unpaired) electrons. The Morgan fingerprint density at radius 3 is 2.59 bits per heavy atom. The maximum atomic E-state index is 12.1. The molecule has 0 saturated heterocycles. The van der Waals surface area contributed by atoms with E-state index in [-0.39, 0.29) is 5.69 Å². The average molecular weight is 313 g/mol. The Bertz CT molecular complexity index is 449. The molecule has 0 bridgehead atoms. The summed E-state index contributed by atoms with van der Waals surface area (Å²) in [5.41, 5.74) is 0.172. The van der Waals surface area contributed by atoms with Crippen LogP contribution in [0.1, 0.15) is 12.6 Å². The van der Waals surface area contributed by atoms with Gasteiger partial charge in [0.15, 0.2) is 0 Å². The van der Waals surface area contributed by atoms with Crippen molar-refractivity contribution in [1.82, 2.24) is 4.98 Å². The van der Waals surface area contributed by atoms with Crippen molar-refractivity contribution >= 4 is 27.5 Å². The van der Waals surface area contributed by atoms with Gasteiger partial charge in [-0.2, -0.15) is 0 Å². The normalized spacial score (nSPS) is 11.2. The smallest absolute Gasteiger partial charge is 0.386 e. The summed E-state index contributed by atoms with van der Waals surface area (Å²) in [4.78, 5) is 14.4. The predicted octanol–water partition coefficient (Wildman–Crippen LogP) is 3.01. The lowest BCUT2D eigenvalue weighted by Gasteiger charge is -2.13. The first kappa shape index (κ1) is 13.8. The van der Waals surface area contributed by atoms with E-state index < -0.39 is 18.1 Å². The number of rotatable bonds is 2. The van der Waals surface area contributed by atoms with Gasteiger partial charge < -0.3 is 10.1 Å². The Morgan fingerprint density at radius 2 is 2.12 bits per heavy atom. The molecule has 0 fully saturated rings. The van der Waals surface area contributed by atoms with Crippen LogP contribution < -0.4 is 10.1 Å². The zero-order valence-corrected chi connectivity index (χ0v) is 10.4. The molecule has 1 aromatic heterocycles. The maximum Gasteiger partial charge on any atom is 0.574 e. The molecular weight excluding hydrogens is 305 g/mol. The zero-order chi connectivity index (χ0) is 13.2. The third-order valence-electron chi connectivity index (χ3n) is 1.64. The van der Waals surface area contributed by atoms with Gasteiger partial charge in [-0.15, -0.1) is 13.2 Å². The molecule has 1 amide bonds. The number of nitrogens with zero attached hydrogens (tertiary/aromatic N) is 1. The predicted molar refractivity (Wildman–Crippen MR) is 57.7 cm³/mol. The lowest BCUT2D eigenvalue weighted by molar-refractivity contribution is -0.275. The number of ether oxygens (including phenoxy) is 1. The number of anilines is 1. The van der Waals surface area contributed by atoms with Crippen molar-refractivity contribution in [3.05, 3.63) is 16.2 Å². The highest BCUT2D eigenvalue weighted by Crippen LogP contribution is 2.31. The fourth-order valence-corrected chi connectivity index (χ4v) is 1.34. The van der Waals surface area contributed by atoms with Gasteiger partial charge in [0.05, 0.1) is 5.69 Å². The molecule has 0 atom stereocenters. The Hall–Kier alpha value is -1.31. The number of hydrogen-bond donors (Lipinski definition) is 1. The van der Waals surface area contributed by atoms with Crippen molar-refractivity contribution in [1.29, 1.82) is 0 Å². The topological polar surface area (TPSA) is 51.2 Å². The Labute approximate surface area is 103 Å². The number of nitrogens with one attached hydrogen (secondary N) is 1. The van der Waals surface area contributed by atoms with Gasteiger partial charge in [0.1, 0.15) is 5.69 Å². The molecule has 0 aliphatic carbocycles. The van der Waals surface area contributed by atoms with Crippen LogP contribution in [0.5, 0.6) is 5.88 Å². The summed E-state index contributed by atoms with van der Waals surface area (Å²) in [7, 11) is 0. The van der Waals surface area contributed by atoms with E-state index in [0.717, 1.165) is 0 Å². The molecule has 1 N–H and O–H groups in total. The number of alkyl halides is 3. The molecule has 1 aromatic rings. The number of hydrogen-bond acceptors (Lipinski definition) is 3. The van der Waals surface area contributed by atoms with E-state index in [9.17, 15) is 18.0 Å². The molecule has 0 aliphatic heterocycles. The lowest BCUT2D eigenvalue weighted by atomic mass is 10.3. The number of halogens is 4. The SMILES string of the molecule is CC(=O)Nc1cc(Br)c(C)nc1OC(F)(F)F. The number of pyridine rings is 1. The summed E-state index contributed by atoms with van der Waals surface area (Å²) in [6.45, 7) is 2.68. The van der Waals surface area contributed by atoms with Gasteiger partial charge in [-0.1, -0.05) is 0 Å². The molecule has 0 saturated carbocycles. The van der Waals surface area contributed by atoms with Crippen LogP contribution in [0.3, 0.4) is 0 Å². The average Bonchev–Trinajstić information content (AvgIpc) is 2.10. The second kappa shape index (κ2) is 4.91. The molecule has 4 nitrogen and oxygen atoms in total. The van der Waals surface area contributed by atoms with E-state index in [4.69, 9.17) is 0 Å². The first-order valence-corrected chi connectivity index (χ1v) is 5.19. The van der Waals surface area contributed by atoms with Gasteiger partial charge in [0.25, 0.3) is 0 Å². The van der Waals surface area contributed by atoms with E-state index in [0.29, 0.717) is 10.2 Å². The van der Waals surface area contributed by atoms with Gasteiger partial charge in [0.2, 0.25) is 11.8 Å². The van der Waals surface area contributed by atoms with E-state index in [1.165, 1.54) is 19.9 Å². The molecule has 1 heterocycles. The lowest BCUT2D eigenvalue weighted by Crippen LogP contribution is -2.20. The third kappa shape index (κ3) is 4.22. The molecular formula is C9H8BrF3N2O2. The van der Waals surface area contributed by atoms with Crippen LogP contribution in [0, 0.1) is 6.92 Å². The fraction of sp³-hybridized carbons (Fsp3) is 0.333. The van der Waals surface area contributed by atoms with Gasteiger partial charge in [-0.25, -0.2) is 4.98 Å². The third-order valence-corrected chi connectivity index (χ3v) is 2.44. The summed E-state index contributed by atoms with van der Waals surface area (Å²) in [6.07, 6.45) is -4.86.